The largest absolute Gasteiger partial charge is 0.482 e. The fraction of sp³-hybridized carbons (Fsp3) is 0.381. The van der Waals surface area contributed by atoms with Crippen LogP contribution in [0.2, 0.25) is 0 Å². The Hall–Kier alpha value is -2.48. The molecule has 0 spiro atoms. The summed E-state index contributed by atoms with van der Waals surface area (Å²) in [6.07, 6.45) is 3.35. The predicted molar refractivity (Wildman–Crippen MR) is 123 cm³/mol. The van der Waals surface area contributed by atoms with Crippen LogP contribution in [0.5, 0.6) is 5.75 Å². The van der Waals surface area contributed by atoms with Crippen LogP contribution >= 0.6 is 0 Å². The fourth-order valence-corrected chi connectivity index (χ4v) is 6.93. The van der Waals surface area contributed by atoms with Crippen molar-refractivity contribution in [2.75, 3.05) is 26.2 Å². The maximum Gasteiger partial charge on any atom is 0.341 e. The van der Waals surface area contributed by atoms with E-state index in [4.69, 9.17) is 9.84 Å². The molecule has 0 aliphatic heterocycles. The molecular formula is C21H25NO9S3. The zero-order valence-corrected chi connectivity index (χ0v) is 21.2. The van der Waals surface area contributed by atoms with E-state index in [1.165, 1.54) is 7.05 Å². The zero-order valence-electron chi connectivity index (χ0n) is 18.8. The van der Waals surface area contributed by atoms with Crippen LogP contribution in [0.15, 0.2) is 51.1 Å². The first-order chi connectivity index (χ1) is 15.6. The van der Waals surface area contributed by atoms with Gasteiger partial charge in [-0.3, -0.25) is 0 Å². The molecule has 3 rings (SSSR count). The summed E-state index contributed by atoms with van der Waals surface area (Å²) in [7, 11) is -10.8. The molecule has 0 aromatic heterocycles. The van der Waals surface area contributed by atoms with Crippen molar-refractivity contribution in [3.63, 3.8) is 0 Å². The Morgan fingerprint density at radius 3 is 2.09 bits per heavy atom. The maximum absolute atomic E-state index is 13.5. The topological polar surface area (TPSA) is 152 Å². The van der Waals surface area contributed by atoms with Gasteiger partial charge in [-0.1, -0.05) is 12.1 Å². The van der Waals surface area contributed by atoms with Crippen LogP contribution in [-0.4, -0.2) is 66.8 Å². The Labute approximate surface area is 199 Å². The molecule has 0 saturated carbocycles. The quantitative estimate of drug-likeness (QED) is 0.536. The first kappa shape index (κ1) is 26.1. The molecule has 1 unspecified atom stereocenters. The first-order valence-corrected chi connectivity index (χ1v) is 15.3. The molecule has 13 heteroatoms. The number of hydrogen-bond acceptors (Lipinski definition) is 8. The van der Waals surface area contributed by atoms with Crippen molar-refractivity contribution in [3.05, 3.63) is 47.5 Å². The van der Waals surface area contributed by atoms with Crippen LogP contribution in [0.1, 0.15) is 30.0 Å². The molecule has 2 aromatic rings. The Balaban J connectivity index is 2.09. The van der Waals surface area contributed by atoms with E-state index in [0.717, 1.165) is 35.0 Å². The molecule has 0 fully saturated rings. The molecule has 0 saturated heterocycles. The van der Waals surface area contributed by atoms with E-state index in [-0.39, 0.29) is 0 Å². The van der Waals surface area contributed by atoms with Gasteiger partial charge in [-0.05, 0) is 54.7 Å². The van der Waals surface area contributed by atoms with Gasteiger partial charge in [-0.25, -0.2) is 30.0 Å². The Bertz CT molecular complexity index is 1400. The van der Waals surface area contributed by atoms with Crippen LogP contribution < -0.4 is 4.74 Å². The number of fused-ring (bicyclic) bond motifs is 1. The number of nitrogens with zero attached hydrogens (tertiary/aromatic N) is 1. The summed E-state index contributed by atoms with van der Waals surface area (Å²) in [4.78, 5) is 9.60. The molecule has 1 aliphatic carbocycles. The molecular weight excluding hydrogens is 506 g/mol. The summed E-state index contributed by atoms with van der Waals surface area (Å²) in [6, 6.07) is 7.18. The average molecular weight is 532 g/mol. The molecule has 1 N–H and O–H groups in total. The third-order valence-corrected chi connectivity index (χ3v) is 9.64. The molecule has 10 nitrogen and oxygen atoms in total. The molecule has 186 valence electrons. The van der Waals surface area contributed by atoms with Crippen LogP contribution in [0.3, 0.4) is 0 Å². The molecule has 1 aliphatic rings. The highest BCUT2D eigenvalue weighted by atomic mass is 32.2. The number of benzene rings is 2. The lowest BCUT2D eigenvalue weighted by Crippen LogP contribution is -2.33. The van der Waals surface area contributed by atoms with Gasteiger partial charge in [0.15, 0.2) is 26.3 Å². The summed E-state index contributed by atoms with van der Waals surface area (Å²) >= 11 is 0. The van der Waals surface area contributed by atoms with Crippen molar-refractivity contribution >= 4 is 35.7 Å². The Morgan fingerprint density at radius 2 is 1.56 bits per heavy atom. The van der Waals surface area contributed by atoms with E-state index in [1.807, 2.05) is 0 Å². The van der Waals surface area contributed by atoms with Gasteiger partial charge in [0.05, 0.1) is 20.7 Å². The molecule has 0 radical (unpaired) electrons. The molecule has 0 heterocycles. The number of carboxylic acid groups (broad SMARTS) is 1. The van der Waals surface area contributed by atoms with Crippen LogP contribution in [-0.2, 0) is 40.9 Å². The van der Waals surface area contributed by atoms with Crippen molar-refractivity contribution in [1.82, 2.24) is 4.31 Å². The van der Waals surface area contributed by atoms with Crippen molar-refractivity contribution < 1.29 is 39.9 Å². The second-order valence-electron chi connectivity index (χ2n) is 8.12. The average Bonchev–Trinajstić information content (AvgIpc) is 2.75. The van der Waals surface area contributed by atoms with Crippen LogP contribution in [0, 0.1) is 0 Å². The van der Waals surface area contributed by atoms with Crippen molar-refractivity contribution in [1.29, 1.82) is 0 Å². The molecule has 1 atom stereocenters. The summed E-state index contributed by atoms with van der Waals surface area (Å²) < 4.78 is 82.0. The van der Waals surface area contributed by atoms with E-state index in [9.17, 15) is 30.0 Å². The minimum atomic E-state index is -4.32. The van der Waals surface area contributed by atoms with E-state index < -0.39 is 63.0 Å². The van der Waals surface area contributed by atoms with E-state index in [1.54, 1.807) is 18.2 Å². The Morgan fingerprint density at radius 1 is 1.00 bits per heavy atom. The normalized spacial score (nSPS) is 16.8. The standard InChI is InChI=1S/C21H25NO9S3/c1-22(19-8-4-7-18-17(19)6-5-9-20(18)31-13-21(23)24)34(29,30)16-11-14(32(2,25)26)10-15(12-16)33(3,27)28/h5-6,9-12,19H,4,7-8,13H2,1-3H3,(H,23,24). The summed E-state index contributed by atoms with van der Waals surface area (Å²) in [5.74, 6) is -0.786. The monoisotopic (exact) mass is 531 g/mol. The predicted octanol–water partition coefficient (Wildman–Crippen LogP) is 1.66. The van der Waals surface area contributed by atoms with E-state index in [0.29, 0.717) is 36.1 Å². The minimum absolute atomic E-state index is 0.355. The summed E-state index contributed by atoms with van der Waals surface area (Å²) in [5, 5.41) is 8.91. The highest BCUT2D eigenvalue weighted by Gasteiger charge is 2.34. The van der Waals surface area contributed by atoms with Crippen LogP contribution in [0.25, 0.3) is 0 Å². The minimum Gasteiger partial charge on any atom is -0.482 e. The first-order valence-electron chi connectivity index (χ1n) is 10.1. The highest BCUT2D eigenvalue weighted by molar-refractivity contribution is 7.92. The van der Waals surface area contributed by atoms with Gasteiger partial charge < -0.3 is 9.84 Å². The number of sulfonamides is 1. The van der Waals surface area contributed by atoms with Gasteiger partial charge >= 0.3 is 5.97 Å². The number of carbonyl (C=O) groups is 1. The van der Waals surface area contributed by atoms with E-state index >= 15 is 0 Å². The lowest BCUT2D eigenvalue weighted by atomic mass is 9.87. The second-order valence-corrected chi connectivity index (χ2v) is 14.1. The van der Waals surface area contributed by atoms with Gasteiger partial charge in [0.2, 0.25) is 10.0 Å². The Kier molecular flexibility index (Phi) is 7.14. The van der Waals surface area contributed by atoms with E-state index in [2.05, 4.69) is 0 Å². The molecule has 0 bridgehead atoms. The van der Waals surface area contributed by atoms with Crippen molar-refractivity contribution in [2.45, 2.75) is 40.0 Å². The highest BCUT2D eigenvalue weighted by Crippen LogP contribution is 2.40. The smallest absolute Gasteiger partial charge is 0.341 e. The van der Waals surface area contributed by atoms with Gasteiger partial charge in [-0.15, -0.1) is 0 Å². The number of carboxylic acids is 1. The van der Waals surface area contributed by atoms with Crippen molar-refractivity contribution in [2.24, 2.45) is 0 Å². The van der Waals surface area contributed by atoms with Crippen LogP contribution in [0.4, 0.5) is 0 Å². The number of aliphatic carboxylic acids is 1. The molecule has 0 amide bonds. The third kappa shape index (κ3) is 5.43. The van der Waals surface area contributed by atoms with Gasteiger partial charge in [0.1, 0.15) is 5.75 Å². The molecule has 34 heavy (non-hydrogen) atoms. The summed E-state index contributed by atoms with van der Waals surface area (Å²) in [5.41, 5.74) is 1.34. The SMILES string of the molecule is CN(C1CCCc2c(OCC(=O)O)cccc21)S(=O)(=O)c1cc(S(C)(=O)=O)cc(S(C)(=O)=O)c1. The number of sulfone groups is 2. The van der Waals surface area contributed by atoms with Gasteiger partial charge in [-0.2, -0.15) is 4.31 Å². The van der Waals surface area contributed by atoms with Gasteiger partial charge in [0.25, 0.3) is 0 Å². The lowest BCUT2D eigenvalue weighted by molar-refractivity contribution is -0.139. The maximum atomic E-state index is 13.5. The molecule has 2 aromatic carbocycles. The second kappa shape index (κ2) is 9.29. The lowest BCUT2D eigenvalue weighted by Gasteiger charge is -2.33. The number of hydrogen-bond donors (Lipinski definition) is 1. The van der Waals surface area contributed by atoms with Gasteiger partial charge in [0, 0.05) is 19.6 Å². The number of rotatable bonds is 8. The van der Waals surface area contributed by atoms with Crippen molar-refractivity contribution in [3.8, 4) is 5.75 Å². The third-order valence-electron chi connectivity index (χ3n) is 5.61. The summed E-state index contributed by atoms with van der Waals surface area (Å²) in [6.45, 7) is -0.540. The fourth-order valence-electron chi connectivity index (χ4n) is 3.90. The number of ether oxygens (including phenoxy) is 1. The zero-order chi connectivity index (χ0) is 25.5.